The Hall–Kier alpha value is -2.86. The lowest BCUT2D eigenvalue weighted by molar-refractivity contribution is 0.0234. The molecule has 0 radical (unpaired) electrons. The van der Waals surface area contributed by atoms with Gasteiger partial charge in [0.2, 0.25) is 0 Å². The minimum Gasteiger partial charge on any atom is -0.495 e. The molecule has 1 aliphatic carbocycles. The summed E-state index contributed by atoms with van der Waals surface area (Å²) in [6.07, 6.45) is 6.26. The molecule has 1 atom stereocenters. The number of carbonyl (C=O) groups excluding carboxylic acids is 1. The van der Waals surface area contributed by atoms with Gasteiger partial charge in [-0.05, 0) is 54.0 Å². The molecule has 1 aliphatic rings. The molecule has 0 bridgehead atoms. The Bertz CT molecular complexity index is 931. The number of aliphatic hydroxyl groups excluding tert-OH is 1. The molecule has 4 rings (SSSR count). The summed E-state index contributed by atoms with van der Waals surface area (Å²) in [5.74, 6) is 0.683. The van der Waals surface area contributed by atoms with Crippen molar-refractivity contribution < 1.29 is 14.6 Å². The van der Waals surface area contributed by atoms with Gasteiger partial charge in [-0.25, -0.2) is 0 Å². The van der Waals surface area contributed by atoms with Gasteiger partial charge in [-0.15, -0.1) is 0 Å². The first kappa shape index (κ1) is 16.6. The maximum Gasteiger partial charge on any atom is 0.251 e. The lowest BCUT2D eigenvalue weighted by atomic mass is 9.75. The smallest absolute Gasteiger partial charge is 0.251 e. The van der Waals surface area contributed by atoms with Crippen LogP contribution in [0.2, 0.25) is 0 Å². The van der Waals surface area contributed by atoms with E-state index < -0.39 is 0 Å². The highest BCUT2D eigenvalue weighted by atomic mass is 16.5. The molecule has 1 aromatic carbocycles. The molecule has 134 valence electrons. The van der Waals surface area contributed by atoms with Crippen molar-refractivity contribution in [2.24, 2.45) is 5.92 Å². The molecule has 2 heterocycles. The van der Waals surface area contributed by atoms with E-state index in [0.717, 1.165) is 16.5 Å². The van der Waals surface area contributed by atoms with Gasteiger partial charge in [0.1, 0.15) is 5.75 Å². The highest BCUT2D eigenvalue weighted by Gasteiger charge is 2.36. The third-order valence-corrected chi connectivity index (χ3v) is 5.05. The average molecular weight is 351 g/mol. The molecule has 2 aromatic heterocycles. The van der Waals surface area contributed by atoms with Gasteiger partial charge in [0.25, 0.3) is 5.91 Å². The van der Waals surface area contributed by atoms with Crippen molar-refractivity contribution in [3.8, 4) is 5.75 Å². The number of carbonyl (C=O) groups is 1. The quantitative estimate of drug-likeness (QED) is 0.660. The number of nitrogens with zero attached hydrogens (tertiary/aromatic N) is 1. The van der Waals surface area contributed by atoms with Crippen LogP contribution in [0.4, 0.5) is 0 Å². The second-order valence-electron chi connectivity index (χ2n) is 6.77. The number of methoxy groups -OCH3 is 1. The minimum absolute atomic E-state index is 0.143. The molecule has 0 aliphatic heterocycles. The number of amides is 1. The van der Waals surface area contributed by atoms with Gasteiger partial charge in [0.05, 0.1) is 25.5 Å². The van der Waals surface area contributed by atoms with E-state index in [1.165, 1.54) is 0 Å². The van der Waals surface area contributed by atoms with E-state index in [1.807, 2.05) is 36.5 Å². The highest BCUT2D eigenvalue weighted by molar-refractivity contribution is 5.98. The molecule has 1 unspecified atom stereocenters. The third kappa shape index (κ3) is 3.15. The minimum atomic E-state index is -0.298. The summed E-state index contributed by atoms with van der Waals surface area (Å²) in [6, 6.07) is 9.24. The van der Waals surface area contributed by atoms with Crippen LogP contribution in [0.15, 0.2) is 48.9 Å². The first-order chi connectivity index (χ1) is 12.6. The number of hydrogen-bond donors (Lipinski definition) is 3. The number of hydrogen-bond acceptors (Lipinski definition) is 4. The molecule has 3 N–H and O–H groups in total. The molecule has 1 amide bonds. The van der Waals surface area contributed by atoms with Crippen LogP contribution in [0.3, 0.4) is 0 Å². The van der Waals surface area contributed by atoms with Crippen molar-refractivity contribution in [1.82, 2.24) is 15.3 Å². The van der Waals surface area contributed by atoms with E-state index >= 15 is 0 Å². The van der Waals surface area contributed by atoms with Crippen LogP contribution in [0.5, 0.6) is 5.75 Å². The van der Waals surface area contributed by atoms with Crippen LogP contribution in [0.1, 0.15) is 34.8 Å². The van der Waals surface area contributed by atoms with Crippen LogP contribution in [-0.4, -0.2) is 34.2 Å². The zero-order chi connectivity index (χ0) is 18.1. The van der Waals surface area contributed by atoms with Gasteiger partial charge >= 0.3 is 0 Å². The van der Waals surface area contributed by atoms with Crippen LogP contribution >= 0.6 is 0 Å². The van der Waals surface area contributed by atoms with Crippen molar-refractivity contribution in [3.63, 3.8) is 0 Å². The van der Waals surface area contributed by atoms with Gasteiger partial charge < -0.3 is 20.1 Å². The molecule has 6 heteroatoms. The van der Waals surface area contributed by atoms with Crippen molar-refractivity contribution in [3.05, 3.63) is 60.0 Å². The van der Waals surface area contributed by atoms with Gasteiger partial charge in [-0.1, -0.05) is 6.07 Å². The van der Waals surface area contributed by atoms with Crippen molar-refractivity contribution in [1.29, 1.82) is 0 Å². The topological polar surface area (TPSA) is 87.2 Å². The summed E-state index contributed by atoms with van der Waals surface area (Å²) in [5, 5.41) is 13.9. The number of aromatic nitrogens is 2. The number of H-pyrrole nitrogens is 1. The Morgan fingerprint density at radius 1 is 1.31 bits per heavy atom. The maximum absolute atomic E-state index is 12.8. The van der Waals surface area contributed by atoms with E-state index in [4.69, 9.17) is 4.74 Å². The second kappa shape index (κ2) is 6.80. The lowest BCUT2D eigenvalue weighted by Crippen LogP contribution is -2.41. The van der Waals surface area contributed by atoms with Gasteiger partial charge in [0, 0.05) is 23.5 Å². The molecule has 6 nitrogen and oxygen atoms in total. The van der Waals surface area contributed by atoms with Crippen molar-refractivity contribution in [2.75, 3.05) is 7.11 Å². The second-order valence-corrected chi connectivity index (χ2v) is 6.77. The lowest BCUT2D eigenvalue weighted by Gasteiger charge is -2.38. The summed E-state index contributed by atoms with van der Waals surface area (Å²) in [7, 11) is 1.59. The molecular formula is C20H21N3O3. The highest BCUT2D eigenvalue weighted by Crippen LogP contribution is 2.38. The van der Waals surface area contributed by atoms with E-state index in [9.17, 15) is 9.90 Å². The standard InChI is InChI=1S/C20H21N3O3/c1-26-17-8-15(10-21-11-17)19(14-6-16(24)7-14)23-20(25)13-3-2-12-4-5-22-18(12)9-13/h2-5,8-11,14,16,19,22,24H,6-7H2,1H3,(H,23,25). The Labute approximate surface area is 151 Å². The Balaban J connectivity index is 1.60. The normalized spacial score (nSPS) is 20.4. The summed E-state index contributed by atoms with van der Waals surface area (Å²) in [6.45, 7) is 0. The van der Waals surface area contributed by atoms with Crippen LogP contribution < -0.4 is 10.1 Å². The predicted octanol–water partition coefficient (Wildman–Crippen LogP) is 2.81. The largest absolute Gasteiger partial charge is 0.495 e. The Morgan fingerprint density at radius 2 is 2.15 bits per heavy atom. The molecule has 1 saturated carbocycles. The van der Waals surface area contributed by atoms with Crippen molar-refractivity contribution >= 4 is 16.8 Å². The van der Waals surface area contributed by atoms with Gasteiger partial charge in [-0.2, -0.15) is 0 Å². The fourth-order valence-electron chi connectivity index (χ4n) is 3.51. The number of pyridine rings is 1. The maximum atomic E-state index is 12.8. The van der Waals surface area contributed by atoms with Crippen molar-refractivity contribution in [2.45, 2.75) is 25.0 Å². The van der Waals surface area contributed by atoms with Crippen LogP contribution in [-0.2, 0) is 0 Å². The number of fused-ring (bicyclic) bond motifs is 1. The number of rotatable bonds is 5. The number of benzene rings is 1. The van der Waals surface area contributed by atoms with Crippen LogP contribution in [0.25, 0.3) is 10.9 Å². The number of nitrogens with one attached hydrogen (secondary N) is 2. The zero-order valence-electron chi connectivity index (χ0n) is 14.5. The summed E-state index contributed by atoms with van der Waals surface area (Å²) < 4.78 is 5.26. The molecule has 0 spiro atoms. The predicted molar refractivity (Wildman–Crippen MR) is 98.0 cm³/mol. The van der Waals surface area contributed by atoms with Gasteiger partial charge in [-0.3, -0.25) is 9.78 Å². The number of aromatic amines is 1. The first-order valence-electron chi connectivity index (χ1n) is 8.69. The van der Waals surface area contributed by atoms with E-state index in [2.05, 4.69) is 15.3 Å². The SMILES string of the molecule is COc1cncc(C(NC(=O)c2ccc3cc[nH]c3c2)C2CC(O)C2)c1. The Morgan fingerprint density at radius 3 is 2.92 bits per heavy atom. The monoisotopic (exact) mass is 351 g/mol. The number of ether oxygens (including phenoxy) is 1. The summed E-state index contributed by atoms with van der Waals surface area (Å²) >= 11 is 0. The molecule has 0 saturated heterocycles. The molecular weight excluding hydrogens is 330 g/mol. The molecule has 26 heavy (non-hydrogen) atoms. The molecule has 1 fully saturated rings. The third-order valence-electron chi connectivity index (χ3n) is 5.05. The number of aliphatic hydroxyl groups is 1. The van der Waals surface area contributed by atoms with Crippen LogP contribution in [0, 0.1) is 5.92 Å². The van der Waals surface area contributed by atoms with Gasteiger partial charge in [0.15, 0.2) is 0 Å². The van der Waals surface area contributed by atoms with E-state index in [-0.39, 0.29) is 24.0 Å². The fourth-order valence-corrected chi connectivity index (χ4v) is 3.51. The molecule has 3 aromatic rings. The first-order valence-corrected chi connectivity index (χ1v) is 8.69. The summed E-state index contributed by atoms with van der Waals surface area (Å²) in [4.78, 5) is 20.2. The fraction of sp³-hybridized carbons (Fsp3) is 0.300. The average Bonchev–Trinajstić information content (AvgIpc) is 3.11. The van der Waals surface area contributed by atoms with E-state index in [0.29, 0.717) is 24.2 Å². The Kier molecular flexibility index (Phi) is 4.34. The summed E-state index contributed by atoms with van der Waals surface area (Å²) in [5.41, 5.74) is 2.41. The zero-order valence-corrected chi connectivity index (χ0v) is 14.5. The van der Waals surface area contributed by atoms with E-state index in [1.54, 1.807) is 19.5 Å².